The first-order valence-corrected chi connectivity index (χ1v) is 15.6. The molecule has 0 spiro atoms. The summed E-state index contributed by atoms with van der Waals surface area (Å²) >= 11 is 0. The van der Waals surface area contributed by atoms with Crippen LogP contribution in [0.5, 0.6) is 0 Å². The molecule has 2 heteroatoms. The molecule has 206 valence electrons. The summed E-state index contributed by atoms with van der Waals surface area (Å²) in [6.07, 6.45) is 25.5. The molecular formula is C34H60N2. The van der Waals surface area contributed by atoms with Crippen LogP contribution in [0.2, 0.25) is 0 Å². The maximum absolute atomic E-state index is 4.12. The van der Waals surface area contributed by atoms with Crippen molar-refractivity contribution < 1.29 is 0 Å². The Morgan fingerprint density at radius 3 is 1.22 bits per heavy atom. The Bertz CT molecular complexity index is 668. The Balaban J connectivity index is 3.60. The van der Waals surface area contributed by atoms with Crippen molar-refractivity contribution >= 4 is 11.4 Å². The monoisotopic (exact) mass is 496 g/mol. The van der Waals surface area contributed by atoms with Crippen molar-refractivity contribution in [3.05, 3.63) is 48.1 Å². The summed E-state index contributed by atoms with van der Waals surface area (Å²) in [6, 6.07) is 3.05. The van der Waals surface area contributed by atoms with Crippen LogP contribution in [0.3, 0.4) is 0 Å². The topological polar surface area (TPSA) is 24.1 Å². The minimum Gasteiger partial charge on any atom is -0.379 e. The SMILES string of the molecule is C=CC(CC)Nc1cc(NC(C=C)CC)c(CCCCCC)c(CCCCCC)c1CCCCCC. The van der Waals surface area contributed by atoms with Gasteiger partial charge < -0.3 is 10.6 Å². The van der Waals surface area contributed by atoms with Gasteiger partial charge in [0.1, 0.15) is 0 Å². The molecule has 0 heterocycles. The summed E-state index contributed by atoms with van der Waals surface area (Å²) in [6.45, 7) is 19.7. The molecular weight excluding hydrogens is 436 g/mol. The number of hydrogen-bond donors (Lipinski definition) is 2. The van der Waals surface area contributed by atoms with Crippen molar-refractivity contribution in [2.45, 2.75) is 156 Å². The largest absolute Gasteiger partial charge is 0.379 e. The molecule has 0 radical (unpaired) electrons. The van der Waals surface area contributed by atoms with E-state index in [1.54, 1.807) is 16.7 Å². The van der Waals surface area contributed by atoms with Gasteiger partial charge in [0, 0.05) is 23.5 Å². The van der Waals surface area contributed by atoms with E-state index in [1.807, 2.05) is 0 Å². The first-order chi connectivity index (χ1) is 17.6. The third-order valence-electron chi connectivity index (χ3n) is 7.64. The quantitative estimate of drug-likeness (QED) is 0.116. The van der Waals surface area contributed by atoms with E-state index in [9.17, 15) is 0 Å². The van der Waals surface area contributed by atoms with Crippen molar-refractivity contribution in [3.63, 3.8) is 0 Å². The average Bonchev–Trinajstić information content (AvgIpc) is 2.90. The Morgan fingerprint density at radius 1 is 0.556 bits per heavy atom. The molecule has 2 unspecified atom stereocenters. The van der Waals surface area contributed by atoms with Gasteiger partial charge in [0.2, 0.25) is 0 Å². The van der Waals surface area contributed by atoms with Gasteiger partial charge in [-0.3, -0.25) is 0 Å². The van der Waals surface area contributed by atoms with E-state index in [0.717, 1.165) is 12.8 Å². The van der Waals surface area contributed by atoms with Crippen LogP contribution in [0.4, 0.5) is 11.4 Å². The van der Waals surface area contributed by atoms with Crippen LogP contribution in [-0.4, -0.2) is 12.1 Å². The molecule has 0 aromatic heterocycles. The molecule has 2 N–H and O–H groups in total. The molecule has 0 saturated heterocycles. The summed E-state index contributed by atoms with van der Waals surface area (Å²) in [5.41, 5.74) is 7.49. The second-order valence-electron chi connectivity index (χ2n) is 10.6. The highest BCUT2D eigenvalue weighted by Crippen LogP contribution is 2.36. The lowest BCUT2D eigenvalue weighted by Gasteiger charge is -2.27. The molecule has 1 aromatic carbocycles. The number of benzene rings is 1. The van der Waals surface area contributed by atoms with E-state index >= 15 is 0 Å². The molecule has 1 aromatic rings. The third kappa shape index (κ3) is 11.6. The fourth-order valence-electron chi connectivity index (χ4n) is 5.20. The summed E-state index contributed by atoms with van der Waals surface area (Å²) in [5, 5.41) is 7.80. The molecule has 0 saturated carbocycles. The molecule has 0 amide bonds. The molecule has 36 heavy (non-hydrogen) atoms. The molecule has 0 bridgehead atoms. The number of hydrogen-bond acceptors (Lipinski definition) is 2. The lowest BCUT2D eigenvalue weighted by Crippen LogP contribution is -2.21. The van der Waals surface area contributed by atoms with Crippen molar-refractivity contribution in [1.82, 2.24) is 0 Å². The maximum atomic E-state index is 4.12. The van der Waals surface area contributed by atoms with Gasteiger partial charge in [0.15, 0.2) is 0 Å². The maximum Gasteiger partial charge on any atom is 0.0439 e. The van der Waals surface area contributed by atoms with Gasteiger partial charge in [-0.15, -0.1) is 13.2 Å². The number of anilines is 2. The van der Waals surface area contributed by atoms with Crippen molar-refractivity contribution in [3.8, 4) is 0 Å². The van der Waals surface area contributed by atoms with Crippen LogP contribution in [0.25, 0.3) is 0 Å². The van der Waals surface area contributed by atoms with Gasteiger partial charge in [-0.1, -0.05) is 105 Å². The molecule has 2 nitrogen and oxygen atoms in total. The first kappa shape index (κ1) is 32.3. The summed E-state index contributed by atoms with van der Waals surface area (Å²) < 4.78 is 0. The van der Waals surface area contributed by atoms with Gasteiger partial charge >= 0.3 is 0 Å². The molecule has 0 aliphatic carbocycles. The molecule has 2 atom stereocenters. The molecule has 0 aliphatic heterocycles. The van der Waals surface area contributed by atoms with E-state index in [0.29, 0.717) is 12.1 Å². The van der Waals surface area contributed by atoms with Gasteiger partial charge in [-0.25, -0.2) is 0 Å². The summed E-state index contributed by atoms with van der Waals surface area (Å²) in [5.74, 6) is 0. The van der Waals surface area contributed by atoms with Crippen molar-refractivity contribution in [1.29, 1.82) is 0 Å². The fraction of sp³-hybridized carbons (Fsp3) is 0.706. The van der Waals surface area contributed by atoms with Crippen LogP contribution >= 0.6 is 0 Å². The Kier molecular flexibility index (Phi) is 18.3. The number of unbranched alkanes of at least 4 members (excludes halogenated alkanes) is 9. The Labute approximate surface area is 225 Å². The zero-order valence-corrected chi connectivity index (χ0v) is 24.8. The predicted molar refractivity (Wildman–Crippen MR) is 166 cm³/mol. The van der Waals surface area contributed by atoms with Gasteiger partial charge in [-0.2, -0.15) is 0 Å². The third-order valence-corrected chi connectivity index (χ3v) is 7.64. The lowest BCUT2D eigenvalue weighted by atomic mass is 9.87. The Hall–Kier alpha value is -1.70. The fourth-order valence-corrected chi connectivity index (χ4v) is 5.20. The first-order valence-electron chi connectivity index (χ1n) is 15.6. The summed E-state index contributed by atoms with van der Waals surface area (Å²) in [7, 11) is 0. The number of rotatable bonds is 23. The molecule has 1 rings (SSSR count). The van der Waals surface area contributed by atoms with Crippen LogP contribution in [0.1, 0.15) is 141 Å². The van der Waals surface area contributed by atoms with E-state index < -0.39 is 0 Å². The van der Waals surface area contributed by atoms with Crippen LogP contribution < -0.4 is 10.6 Å². The van der Waals surface area contributed by atoms with Crippen LogP contribution in [0.15, 0.2) is 31.4 Å². The second-order valence-corrected chi connectivity index (χ2v) is 10.6. The van der Waals surface area contributed by atoms with Crippen molar-refractivity contribution in [2.75, 3.05) is 10.6 Å². The highest BCUT2D eigenvalue weighted by Gasteiger charge is 2.20. The van der Waals surface area contributed by atoms with E-state index in [4.69, 9.17) is 0 Å². The zero-order chi connectivity index (χ0) is 26.6. The zero-order valence-electron chi connectivity index (χ0n) is 24.8. The van der Waals surface area contributed by atoms with E-state index in [2.05, 4.69) is 76.6 Å². The Morgan fingerprint density at radius 2 is 0.917 bits per heavy atom. The standard InChI is InChI=1S/C34H60N2/c1-8-15-18-21-24-30-31(25-22-19-16-9-2)33(35-28(11-4)12-5)27-34(36-29(13-6)14-7)32(30)26-23-20-17-10-3/h11,13,27-29,35-36H,4,6,8-10,12,14-26H2,1-3,5,7H3. The molecule has 0 fully saturated rings. The minimum absolute atomic E-state index is 0.303. The lowest BCUT2D eigenvalue weighted by molar-refractivity contribution is 0.639. The number of nitrogens with one attached hydrogen (secondary N) is 2. The van der Waals surface area contributed by atoms with Crippen LogP contribution in [0, 0.1) is 0 Å². The summed E-state index contributed by atoms with van der Waals surface area (Å²) in [4.78, 5) is 0. The predicted octanol–water partition coefficient (Wildman–Crippen LogP) is 10.8. The van der Waals surface area contributed by atoms with Gasteiger partial charge in [0.25, 0.3) is 0 Å². The highest BCUT2D eigenvalue weighted by molar-refractivity contribution is 5.70. The second kappa shape index (κ2) is 20.4. The van der Waals surface area contributed by atoms with Crippen molar-refractivity contribution in [2.24, 2.45) is 0 Å². The van der Waals surface area contributed by atoms with E-state index in [1.165, 1.54) is 108 Å². The normalized spacial score (nSPS) is 12.8. The smallest absolute Gasteiger partial charge is 0.0439 e. The van der Waals surface area contributed by atoms with Crippen LogP contribution in [-0.2, 0) is 19.3 Å². The molecule has 0 aliphatic rings. The van der Waals surface area contributed by atoms with Gasteiger partial charge in [-0.05, 0) is 74.1 Å². The van der Waals surface area contributed by atoms with Gasteiger partial charge in [0.05, 0.1) is 0 Å². The van der Waals surface area contributed by atoms with E-state index in [-0.39, 0.29) is 0 Å². The minimum atomic E-state index is 0.303. The average molecular weight is 497 g/mol. The highest BCUT2D eigenvalue weighted by atomic mass is 14.9.